The van der Waals surface area contributed by atoms with Crippen LogP contribution in [0.4, 0.5) is 0 Å². The largest absolute Gasteiger partial charge is 0.356 e. The first kappa shape index (κ1) is 12.9. The first-order valence-corrected chi connectivity index (χ1v) is 7.09. The van der Waals surface area contributed by atoms with Gasteiger partial charge in [-0.3, -0.25) is 9.59 Å². The van der Waals surface area contributed by atoms with Crippen LogP contribution in [0.15, 0.2) is 43.0 Å². The molecule has 2 N–H and O–H groups in total. The number of nitrogens with zero attached hydrogens (tertiary/aromatic N) is 3. The van der Waals surface area contributed by atoms with Gasteiger partial charge in [-0.05, 0) is 18.6 Å². The van der Waals surface area contributed by atoms with Crippen LogP contribution < -0.4 is 10.6 Å². The van der Waals surface area contributed by atoms with E-state index >= 15 is 0 Å². The molecule has 1 spiro atoms. The lowest BCUT2D eigenvalue weighted by molar-refractivity contribution is -0.123. The Bertz CT molecular complexity index is 811. The summed E-state index contributed by atoms with van der Waals surface area (Å²) in [6.07, 6.45) is 3.94. The molecule has 22 heavy (non-hydrogen) atoms. The lowest BCUT2D eigenvalue weighted by Gasteiger charge is -2.21. The standard InChI is InChI=1S/C15H15N5O2/c1-10-17-14(22)15(18-10)5-7-19(9-15)13(21)11-8-16-20-6-3-2-4-12(11)20/h2-4,6,8,18H,1,5,7,9H2,(H,17,22). The van der Waals surface area contributed by atoms with Crippen molar-refractivity contribution in [3.8, 4) is 0 Å². The quantitative estimate of drug-likeness (QED) is 0.783. The van der Waals surface area contributed by atoms with Gasteiger partial charge in [-0.1, -0.05) is 12.6 Å². The normalized spacial score (nSPS) is 24.1. The van der Waals surface area contributed by atoms with Crippen molar-refractivity contribution in [3.05, 3.63) is 48.6 Å². The van der Waals surface area contributed by atoms with E-state index in [0.29, 0.717) is 30.9 Å². The summed E-state index contributed by atoms with van der Waals surface area (Å²) in [5.74, 6) is 0.271. The fourth-order valence-electron chi connectivity index (χ4n) is 3.17. The molecule has 2 fully saturated rings. The first-order chi connectivity index (χ1) is 10.6. The zero-order valence-electron chi connectivity index (χ0n) is 11.9. The number of carbonyl (C=O) groups excluding carboxylic acids is 2. The van der Waals surface area contributed by atoms with Gasteiger partial charge < -0.3 is 15.5 Å². The van der Waals surface area contributed by atoms with Crippen molar-refractivity contribution >= 4 is 17.3 Å². The average Bonchev–Trinajstić information content (AvgIpc) is 3.17. The van der Waals surface area contributed by atoms with E-state index in [1.54, 1.807) is 21.8 Å². The number of pyridine rings is 1. The van der Waals surface area contributed by atoms with Crippen LogP contribution >= 0.6 is 0 Å². The Morgan fingerprint density at radius 2 is 2.27 bits per heavy atom. The highest BCUT2D eigenvalue weighted by molar-refractivity contribution is 6.02. The van der Waals surface area contributed by atoms with E-state index in [-0.39, 0.29) is 11.8 Å². The Kier molecular flexibility index (Phi) is 2.53. The maximum Gasteiger partial charge on any atom is 0.257 e. The molecule has 1 unspecified atom stereocenters. The summed E-state index contributed by atoms with van der Waals surface area (Å²) in [6, 6.07) is 5.58. The highest BCUT2D eigenvalue weighted by Crippen LogP contribution is 2.28. The molecule has 4 rings (SSSR count). The fourth-order valence-corrected chi connectivity index (χ4v) is 3.17. The lowest BCUT2D eigenvalue weighted by Crippen LogP contribution is -2.49. The zero-order chi connectivity index (χ0) is 15.3. The highest BCUT2D eigenvalue weighted by Gasteiger charge is 2.50. The van der Waals surface area contributed by atoms with E-state index in [4.69, 9.17) is 0 Å². The van der Waals surface area contributed by atoms with Gasteiger partial charge in [-0.2, -0.15) is 5.10 Å². The molecule has 0 aromatic carbocycles. The molecule has 2 amide bonds. The number of hydrogen-bond acceptors (Lipinski definition) is 4. The minimum atomic E-state index is -0.740. The van der Waals surface area contributed by atoms with Gasteiger partial charge in [0.05, 0.1) is 29.6 Å². The van der Waals surface area contributed by atoms with Gasteiger partial charge in [0.25, 0.3) is 11.8 Å². The Labute approximate surface area is 126 Å². The molecule has 0 saturated carbocycles. The number of amides is 2. The average molecular weight is 297 g/mol. The van der Waals surface area contributed by atoms with Crippen LogP contribution in [0.2, 0.25) is 0 Å². The van der Waals surface area contributed by atoms with E-state index in [2.05, 4.69) is 22.3 Å². The maximum absolute atomic E-state index is 12.7. The van der Waals surface area contributed by atoms with Crippen LogP contribution in [0.3, 0.4) is 0 Å². The molecule has 7 heteroatoms. The number of carbonyl (C=O) groups is 2. The SMILES string of the molecule is C=C1NC(=O)C2(CCN(C(=O)c3cnn4ccccc34)C2)N1. The van der Waals surface area contributed by atoms with Crippen LogP contribution in [-0.4, -0.2) is 45.0 Å². The lowest BCUT2D eigenvalue weighted by atomic mass is 9.99. The molecular formula is C15H15N5O2. The summed E-state index contributed by atoms with van der Waals surface area (Å²) in [7, 11) is 0. The first-order valence-electron chi connectivity index (χ1n) is 7.09. The number of aromatic nitrogens is 2. The third-order valence-corrected chi connectivity index (χ3v) is 4.30. The molecule has 7 nitrogen and oxygen atoms in total. The summed E-state index contributed by atoms with van der Waals surface area (Å²) < 4.78 is 1.67. The van der Waals surface area contributed by atoms with E-state index in [1.807, 2.05) is 18.2 Å². The number of likely N-dealkylation sites (tertiary alicyclic amines) is 1. The van der Waals surface area contributed by atoms with Crippen molar-refractivity contribution < 1.29 is 9.59 Å². The second kappa shape index (κ2) is 4.33. The summed E-state index contributed by atoms with van der Waals surface area (Å²) in [4.78, 5) is 26.5. The van der Waals surface area contributed by atoms with Crippen LogP contribution in [-0.2, 0) is 4.79 Å². The van der Waals surface area contributed by atoms with Gasteiger partial charge in [-0.25, -0.2) is 4.52 Å². The third kappa shape index (κ3) is 1.71. The molecule has 0 radical (unpaired) electrons. The highest BCUT2D eigenvalue weighted by atomic mass is 16.2. The predicted octanol–water partition coefficient (Wildman–Crippen LogP) is 0.110. The predicted molar refractivity (Wildman–Crippen MR) is 78.9 cm³/mol. The van der Waals surface area contributed by atoms with Crippen LogP contribution in [0.25, 0.3) is 5.52 Å². The molecule has 0 aliphatic carbocycles. The number of nitrogens with one attached hydrogen (secondary N) is 2. The summed E-state index contributed by atoms with van der Waals surface area (Å²) >= 11 is 0. The van der Waals surface area contributed by atoms with Gasteiger partial charge in [-0.15, -0.1) is 0 Å². The van der Waals surface area contributed by atoms with Crippen molar-refractivity contribution in [2.45, 2.75) is 12.0 Å². The Morgan fingerprint density at radius 1 is 1.41 bits per heavy atom. The minimum Gasteiger partial charge on any atom is -0.356 e. The summed E-state index contributed by atoms with van der Waals surface area (Å²) in [6.45, 7) is 4.58. The van der Waals surface area contributed by atoms with Crippen LogP contribution in [0.5, 0.6) is 0 Å². The Morgan fingerprint density at radius 3 is 3.05 bits per heavy atom. The van der Waals surface area contributed by atoms with Crippen molar-refractivity contribution in [3.63, 3.8) is 0 Å². The van der Waals surface area contributed by atoms with Crippen LogP contribution in [0, 0.1) is 0 Å². The molecule has 112 valence electrons. The van der Waals surface area contributed by atoms with Crippen molar-refractivity contribution in [2.24, 2.45) is 0 Å². The van der Waals surface area contributed by atoms with E-state index < -0.39 is 5.54 Å². The monoisotopic (exact) mass is 297 g/mol. The van der Waals surface area contributed by atoms with Gasteiger partial charge >= 0.3 is 0 Å². The second-order valence-electron chi connectivity index (χ2n) is 5.71. The van der Waals surface area contributed by atoms with E-state index in [0.717, 1.165) is 5.52 Å². The summed E-state index contributed by atoms with van der Waals surface area (Å²) in [5.41, 5.74) is 0.576. The number of hydrogen-bond donors (Lipinski definition) is 2. The topological polar surface area (TPSA) is 78.7 Å². The molecule has 4 heterocycles. The van der Waals surface area contributed by atoms with E-state index in [9.17, 15) is 9.59 Å². The van der Waals surface area contributed by atoms with Crippen molar-refractivity contribution in [2.75, 3.05) is 13.1 Å². The van der Waals surface area contributed by atoms with Crippen molar-refractivity contribution in [1.82, 2.24) is 25.1 Å². The number of rotatable bonds is 1. The van der Waals surface area contributed by atoms with Gasteiger partial charge in [0.15, 0.2) is 0 Å². The molecule has 2 aromatic heterocycles. The molecular weight excluding hydrogens is 282 g/mol. The fraction of sp³-hybridized carbons (Fsp3) is 0.267. The Hall–Kier alpha value is -2.83. The molecule has 2 saturated heterocycles. The molecule has 2 aliphatic rings. The van der Waals surface area contributed by atoms with Gasteiger partial charge in [0, 0.05) is 12.7 Å². The maximum atomic E-state index is 12.7. The minimum absolute atomic E-state index is 0.106. The molecule has 2 aliphatic heterocycles. The molecule has 1 atom stereocenters. The number of fused-ring (bicyclic) bond motifs is 1. The molecule has 0 bridgehead atoms. The van der Waals surface area contributed by atoms with Gasteiger partial charge in [0.2, 0.25) is 0 Å². The zero-order valence-corrected chi connectivity index (χ0v) is 11.9. The summed E-state index contributed by atoms with van der Waals surface area (Å²) in [5, 5.41) is 9.94. The third-order valence-electron chi connectivity index (χ3n) is 4.30. The van der Waals surface area contributed by atoms with E-state index in [1.165, 1.54) is 0 Å². The smallest absolute Gasteiger partial charge is 0.257 e. The van der Waals surface area contributed by atoms with Gasteiger partial charge in [0.1, 0.15) is 5.54 Å². The Balaban J connectivity index is 1.62. The van der Waals surface area contributed by atoms with Crippen LogP contribution in [0.1, 0.15) is 16.8 Å². The second-order valence-corrected chi connectivity index (χ2v) is 5.71. The van der Waals surface area contributed by atoms with Crippen molar-refractivity contribution in [1.29, 1.82) is 0 Å². The molecule has 2 aromatic rings.